The maximum atomic E-state index is 12.7. The quantitative estimate of drug-likeness (QED) is 0.833. The number of nitrogens with one attached hydrogen (secondary N) is 1. The molecule has 7 heteroatoms. The number of nitrogens with zero attached hydrogens (tertiary/aromatic N) is 2. The zero-order valence-corrected chi connectivity index (χ0v) is 15.6. The van der Waals surface area contributed by atoms with Gasteiger partial charge in [0.05, 0.1) is 5.92 Å². The van der Waals surface area contributed by atoms with Crippen LogP contribution < -0.4 is 5.32 Å². The molecule has 1 amide bonds. The van der Waals surface area contributed by atoms with Crippen LogP contribution in [0.2, 0.25) is 0 Å². The summed E-state index contributed by atoms with van der Waals surface area (Å²) in [5, 5.41) is 3.18. The zero-order valence-electron chi connectivity index (χ0n) is 14.7. The Bertz CT molecular complexity index is 537. The van der Waals surface area contributed by atoms with E-state index in [0.717, 1.165) is 44.4 Å². The highest BCUT2D eigenvalue weighted by Crippen LogP contribution is 2.26. The third-order valence-electron chi connectivity index (χ3n) is 5.83. The Hall–Kier alpha value is -0.660. The van der Waals surface area contributed by atoms with E-state index in [1.807, 2.05) is 0 Å². The van der Waals surface area contributed by atoms with Crippen LogP contribution in [0.25, 0.3) is 0 Å². The first-order valence-corrected chi connectivity index (χ1v) is 10.9. The van der Waals surface area contributed by atoms with Gasteiger partial charge >= 0.3 is 0 Å². The third kappa shape index (κ3) is 4.11. The van der Waals surface area contributed by atoms with Gasteiger partial charge < -0.3 is 5.32 Å². The molecule has 2 heterocycles. The molecule has 1 atom stereocenters. The molecule has 3 fully saturated rings. The Morgan fingerprint density at radius 1 is 0.917 bits per heavy atom. The van der Waals surface area contributed by atoms with Crippen molar-refractivity contribution in [2.45, 2.75) is 64.3 Å². The Morgan fingerprint density at radius 3 is 2.21 bits per heavy atom. The standard InChI is InChI=1S/C17H31N3O3S/c1-14-6-8-16(9-7-14)18-17(21)15-5-4-12-20(13-15)24(22,23)19-10-2-3-11-19/h14-16H,2-13H2,1H3,(H,18,21). The Kier molecular flexibility index (Phi) is 5.82. The van der Waals surface area contributed by atoms with Crippen LogP contribution in [0.5, 0.6) is 0 Å². The SMILES string of the molecule is CC1CCC(NC(=O)C2CCCN(S(=O)(=O)N3CCCC3)C2)CC1. The third-order valence-corrected chi connectivity index (χ3v) is 7.84. The molecule has 3 aliphatic rings. The summed E-state index contributed by atoms with van der Waals surface area (Å²) in [5.74, 6) is 0.611. The van der Waals surface area contributed by atoms with Crippen molar-refractivity contribution in [3.05, 3.63) is 0 Å². The van der Waals surface area contributed by atoms with Crippen molar-refractivity contribution in [2.75, 3.05) is 26.2 Å². The second-order valence-corrected chi connectivity index (χ2v) is 9.70. The number of rotatable bonds is 4. The highest BCUT2D eigenvalue weighted by molar-refractivity contribution is 7.86. The van der Waals surface area contributed by atoms with Gasteiger partial charge in [0, 0.05) is 32.2 Å². The molecule has 1 unspecified atom stereocenters. The van der Waals surface area contributed by atoms with Crippen LogP contribution in [0.3, 0.4) is 0 Å². The van der Waals surface area contributed by atoms with Crippen molar-refractivity contribution in [3.63, 3.8) is 0 Å². The van der Waals surface area contributed by atoms with Crippen molar-refractivity contribution in [1.29, 1.82) is 0 Å². The smallest absolute Gasteiger partial charge is 0.281 e. The highest BCUT2D eigenvalue weighted by Gasteiger charge is 2.37. The molecule has 1 N–H and O–H groups in total. The summed E-state index contributed by atoms with van der Waals surface area (Å²) in [6, 6.07) is 0.277. The second-order valence-electron chi connectivity index (χ2n) is 7.78. The molecular formula is C17H31N3O3S. The van der Waals surface area contributed by atoms with Gasteiger partial charge in [0.2, 0.25) is 5.91 Å². The van der Waals surface area contributed by atoms with Crippen molar-refractivity contribution in [3.8, 4) is 0 Å². The normalized spacial score (nSPS) is 33.5. The van der Waals surface area contributed by atoms with Crippen LogP contribution in [0.1, 0.15) is 58.3 Å². The van der Waals surface area contributed by atoms with E-state index >= 15 is 0 Å². The van der Waals surface area contributed by atoms with Gasteiger partial charge in [0.25, 0.3) is 10.2 Å². The van der Waals surface area contributed by atoms with Crippen molar-refractivity contribution in [1.82, 2.24) is 13.9 Å². The van der Waals surface area contributed by atoms with Gasteiger partial charge in [-0.2, -0.15) is 17.0 Å². The minimum absolute atomic E-state index is 0.0517. The molecule has 0 aromatic heterocycles. The lowest BCUT2D eigenvalue weighted by Gasteiger charge is -2.35. The molecule has 3 rings (SSSR count). The maximum Gasteiger partial charge on any atom is 0.281 e. The van der Waals surface area contributed by atoms with Gasteiger partial charge in [-0.15, -0.1) is 0 Å². The number of amides is 1. The van der Waals surface area contributed by atoms with E-state index < -0.39 is 10.2 Å². The maximum absolute atomic E-state index is 12.7. The molecule has 0 radical (unpaired) electrons. The topological polar surface area (TPSA) is 69.7 Å². The van der Waals surface area contributed by atoms with Gasteiger partial charge in [-0.3, -0.25) is 4.79 Å². The molecule has 138 valence electrons. The molecule has 24 heavy (non-hydrogen) atoms. The second kappa shape index (κ2) is 7.70. The average Bonchev–Trinajstić information content (AvgIpc) is 3.12. The van der Waals surface area contributed by atoms with Crippen molar-refractivity contribution in [2.24, 2.45) is 11.8 Å². The first-order chi connectivity index (χ1) is 11.5. The summed E-state index contributed by atoms with van der Waals surface area (Å²) < 4.78 is 28.5. The number of piperidine rings is 1. The monoisotopic (exact) mass is 357 g/mol. The van der Waals surface area contributed by atoms with E-state index in [1.54, 1.807) is 4.31 Å². The summed E-state index contributed by atoms with van der Waals surface area (Å²) in [6.07, 6.45) is 7.89. The molecule has 2 aliphatic heterocycles. The fourth-order valence-electron chi connectivity index (χ4n) is 4.17. The van der Waals surface area contributed by atoms with Gasteiger partial charge in [0.1, 0.15) is 0 Å². The zero-order chi connectivity index (χ0) is 17.2. The summed E-state index contributed by atoms with van der Waals surface area (Å²) in [4.78, 5) is 12.6. The number of carbonyl (C=O) groups excluding carboxylic acids is 1. The van der Waals surface area contributed by atoms with Crippen LogP contribution in [0, 0.1) is 11.8 Å². The molecule has 0 aromatic rings. The first-order valence-electron chi connectivity index (χ1n) is 9.52. The Morgan fingerprint density at radius 2 is 1.54 bits per heavy atom. The molecule has 0 bridgehead atoms. The number of carbonyl (C=O) groups is 1. The van der Waals surface area contributed by atoms with E-state index in [0.29, 0.717) is 26.2 Å². The lowest BCUT2D eigenvalue weighted by Crippen LogP contribution is -2.51. The molecule has 1 aliphatic carbocycles. The minimum atomic E-state index is -3.38. The van der Waals surface area contributed by atoms with Crippen LogP contribution in [-0.4, -0.2) is 55.2 Å². The van der Waals surface area contributed by atoms with E-state index in [1.165, 1.54) is 17.1 Å². The molecule has 2 saturated heterocycles. The van der Waals surface area contributed by atoms with Crippen LogP contribution in [0.15, 0.2) is 0 Å². The number of hydrogen-bond donors (Lipinski definition) is 1. The summed E-state index contributed by atoms with van der Waals surface area (Å²) >= 11 is 0. The highest BCUT2D eigenvalue weighted by atomic mass is 32.2. The summed E-state index contributed by atoms with van der Waals surface area (Å²) in [5.41, 5.74) is 0. The van der Waals surface area contributed by atoms with E-state index in [2.05, 4.69) is 12.2 Å². The van der Waals surface area contributed by atoms with Gasteiger partial charge in [-0.25, -0.2) is 0 Å². The Balaban J connectivity index is 1.55. The van der Waals surface area contributed by atoms with Crippen LogP contribution >= 0.6 is 0 Å². The van der Waals surface area contributed by atoms with Gasteiger partial charge in [0.15, 0.2) is 0 Å². The summed E-state index contributed by atoms with van der Waals surface area (Å²) in [7, 11) is -3.38. The average molecular weight is 358 g/mol. The van der Waals surface area contributed by atoms with Crippen molar-refractivity contribution >= 4 is 16.1 Å². The van der Waals surface area contributed by atoms with Crippen LogP contribution in [-0.2, 0) is 15.0 Å². The molecule has 0 spiro atoms. The Labute approximate surface area is 146 Å². The fraction of sp³-hybridized carbons (Fsp3) is 0.941. The molecule has 1 saturated carbocycles. The minimum Gasteiger partial charge on any atom is -0.353 e. The predicted octanol–water partition coefficient (Wildman–Crippen LogP) is 1.73. The summed E-state index contributed by atoms with van der Waals surface area (Å²) in [6.45, 7) is 4.39. The molecule has 6 nitrogen and oxygen atoms in total. The largest absolute Gasteiger partial charge is 0.353 e. The van der Waals surface area contributed by atoms with Crippen LogP contribution in [0.4, 0.5) is 0 Å². The van der Waals surface area contributed by atoms with Gasteiger partial charge in [-0.1, -0.05) is 6.92 Å². The lowest BCUT2D eigenvalue weighted by molar-refractivity contribution is -0.127. The first kappa shape index (κ1) is 18.1. The molecule has 0 aromatic carbocycles. The predicted molar refractivity (Wildman–Crippen MR) is 93.6 cm³/mol. The van der Waals surface area contributed by atoms with E-state index in [4.69, 9.17) is 0 Å². The fourth-order valence-corrected chi connectivity index (χ4v) is 5.95. The number of hydrogen-bond acceptors (Lipinski definition) is 3. The van der Waals surface area contributed by atoms with Crippen molar-refractivity contribution < 1.29 is 13.2 Å². The molecular weight excluding hydrogens is 326 g/mol. The lowest BCUT2D eigenvalue weighted by atomic mass is 9.87. The van der Waals surface area contributed by atoms with E-state index in [9.17, 15) is 13.2 Å². The van der Waals surface area contributed by atoms with Gasteiger partial charge in [-0.05, 0) is 57.3 Å². The van der Waals surface area contributed by atoms with E-state index in [-0.39, 0.29) is 17.9 Å².